The number of hydrogen-bond acceptors (Lipinski definition) is 7. The number of amides is 2. The highest BCUT2D eigenvalue weighted by Crippen LogP contribution is 2.43. The number of nitrogens with one attached hydrogen (secondary N) is 2. The molecule has 0 bridgehead atoms. The number of aliphatic hydroxyl groups is 2. The summed E-state index contributed by atoms with van der Waals surface area (Å²) in [5, 5.41) is 25.6. The smallest absolute Gasteiger partial charge is 0.225 e. The topological polar surface area (TPSA) is 126 Å². The Kier molecular flexibility index (Phi) is 15.1. The third kappa shape index (κ3) is 11.8. The van der Waals surface area contributed by atoms with Crippen molar-refractivity contribution in [3.8, 4) is 0 Å². The summed E-state index contributed by atoms with van der Waals surface area (Å²) in [5.41, 5.74) is 1.02. The highest BCUT2D eigenvalue weighted by Gasteiger charge is 2.44. The summed E-state index contributed by atoms with van der Waals surface area (Å²) in [7, 11) is 1.53. The first-order chi connectivity index (χ1) is 19.0. The number of carbonyl (C=O) groups is 2. The molecule has 0 aliphatic carbocycles. The summed E-state index contributed by atoms with van der Waals surface area (Å²) in [6.45, 7) is 10.7. The monoisotopic (exact) mass is 568 g/mol. The molecule has 9 nitrogen and oxygen atoms in total. The summed E-state index contributed by atoms with van der Waals surface area (Å²) in [6.07, 6.45) is 10.0. The van der Waals surface area contributed by atoms with Gasteiger partial charge in [-0.05, 0) is 76.2 Å². The molecule has 2 rings (SSSR count). The molecule has 232 valence electrons. The van der Waals surface area contributed by atoms with E-state index in [1.54, 1.807) is 13.8 Å². The molecule has 2 amide bonds. The lowest BCUT2D eigenvalue weighted by Gasteiger charge is -2.48. The number of allylic oxidation sites excluding steroid dienone is 1. The Morgan fingerprint density at radius 1 is 1.10 bits per heavy atom. The minimum atomic E-state index is -0.953. The summed E-state index contributed by atoms with van der Waals surface area (Å²) in [5.74, 6) is -0.729. The van der Waals surface area contributed by atoms with Crippen LogP contribution in [0.2, 0.25) is 0 Å². The van der Waals surface area contributed by atoms with Crippen LogP contribution in [0.25, 0.3) is 0 Å². The van der Waals surface area contributed by atoms with Crippen molar-refractivity contribution in [1.29, 1.82) is 0 Å². The zero-order valence-electron chi connectivity index (χ0n) is 25.7. The second kappa shape index (κ2) is 17.4. The maximum atomic E-state index is 12.5. The molecule has 2 aliphatic rings. The van der Waals surface area contributed by atoms with Crippen LogP contribution in [0.5, 0.6) is 0 Å². The predicted octanol–water partition coefficient (Wildman–Crippen LogP) is 3.86. The maximum Gasteiger partial charge on any atom is 0.225 e. The molecule has 1 unspecified atom stereocenters. The molecule has 4 N–H and O–H groups in total. The molecule has 40 heavy (non-hydrogen) atoms. The third-order valence-corrected chi connectivity index (χ3v) is 8.59. The van der Waals surface area contributed by atoms with E-state index in [0.29, 0.717) is 25.0 Å². The van der Waals surface area contributed by atoms with Crippen molar-refractivity contribution >= 4 is 11.8 Å². The van der Waals surface area contributed by atoms with Crippen LogP contribution in [-0.2, 0) is 23.8 Å². The lowest BCUT2D eigenvalue weighted by Crippen LogP contribution is -2.50. The van der Waals surface area contributed by atoms with Crippen molar-refractivity contribution in [1.82, 2.24) is 10.6 Å². The van der Waals surface area contributed by atoms with Gasteiger partial charge in [0.05, 0.1) is 36.9 Å². The molecule has 0 aromatic rings. The maximum absolute atomic E-state index is 12.5. The minimum Gasteiger partial charge on any atom is -0.390 e. The molecule has 2 saturated heterocycles. The summed E-state index contributed by atoms with van der Waals surface area (Å²) in [6, 6.07) is 0. The normalized spacial score (nSPS) is 28.5. The van der Waals surface area contributed by atoms with E-state index in [1.165, 1.54) is 7.11 Å². The first kappa shape index (κ1) is 34.7. The Balaban J connectivity index is 1.75. The molecule has 0 aromatic heterocycles. The van der Waals surface area contributed by atoms with Crippen molar-refractivity contribution in [2.45, 2.75) is 129 Å². The summed E-state index contributed by atoms with van der Waals surface area (Å²) >= 11 is 0. The van der Waals surface area contributed by atoms with Gasteiger partial charge in [-0.25, -0.2) is 0 Å². The second-order valence-corrected chi connectivity index (χ2v) is 12.2. The van der Waals surface area contributed by atoms with Crippen LogP contribution in [0, 0.1) is 17.8 Å². The fourth-order valence-corrected chi connectivity index (χ4v) is 5.57. The predicted molar refractivity (Wildman–Crippen MR) is 155 cm³/mol. The molecule has 0 radical (unpaired) electrons. The van der Waals surface area contributed by atoms with E-state index in [2.05, 4.69) is 30.6 Å². The van der Waals surface area contributed by atoms with E-state index < -0.39 is 23.9 Å². The Morgan fingerprint density at radius 3 is 2.55 bits per heavy atom. The van der Waals surface area contributed by atoms with Crippen LogP contribution in [0.4, 0.5) is 0 Å². The van der Waals surface area contributed by atoms with Crippen molar-refractivity contribution in [3.63, 3.8) is 0 Å². The van der Waals surface area contributed by atoms with Gasteiger partial charge in [-0.1, -0.05) is 26.8 Å². The quantitative estimate of drug-likeness (QED) is 0.165. The van der Waals surface area contributed by atoms with Crippen LogP contribution in [0.1, 0.15) is 98.8 Å². The van der Waals surface area contributed by atoms with Crippen molar-refractivity contribution < 1.29 is 34.0 Å². The Bertz CT molecular complexity index is 805. The molecule has 2 fully saturated rings. The largest absolute Gasteiger partial charge is 0.390 e. The molecule has 9 heteroatoms. The van der Waals surface area contributed by atoms with Gasteiger partial charge in [0, 0.05) is 39.5 Å². The lowest BCUT2D eigenvalue weighted by molar-refractivity contribution is -0.324. The fraction of sp³-hybridized carbons (Fsp3) is 0.871. The first-order valence-electron chi connectivity index (χ1n) is 15.4. The Labute approximate surface area is 241 Å². The van der Waals surface area contributed by atoms with E-state index >= 15 is 0 Å². The molecule has 2 heterocycles. The van der Waals surface area contributed by atoms with Crippen LogP contribution in [-0.4, -0.2) is 79.0 Å². The van der Waals surface area contributed by atoms with E-state index in [4.69, 9.17) is 14.2 Å². The van der Waals surface area contributed by atoms with Gasteiger partial charge in [-0.3, -0.25) is 9.59 Å². The molecule has 0 aromatic carbocycles. The third-order valence-electron chi connectivity index (χ3n) is 8.59. The summed E-state index contributed by atoms with van der Waals surface area (Å²) in [4.78, 5) is 24.2. The van der Waals surface area contributed by atoms with Gasteiger partial charge in [0.25, 0.3) is 0 Å². The molecule has 0 saturated carbocycles. The number of carbonyl (C=O) groups excluding carboxylic acids is 2. The van der Waals surface area contributed by atoms with E-state index in [9.17, 15) is 19.8 Å². The standard InChI is InChI=1S/C31H56N2O7/c1-21(19-23(3)25(5)34)11-12-26-9-7-15-31(39-26)16-13-22(2)28(40-31)10-8-17-32-30(37)24(4)27(35)20-33-29(36)14-18-38-6/h19,21-22,24-28,34-35H,7-18,20H2,1-6H3,(H,32,37)(H,33,36)/b23-19+/t21-,22-,24+,25-,26+,27+,28+,31?/m0/s1. The lowest BCUT2D eigenvalue weighted by atomic mass is 9.85. The first-order valence-corrected chi connectivity index (χ1v) is 15.4. The Hall–Kier alpha value is -1.52. The number of hydrogen-bond donors (Lipinski definition) is 4. The molecule has 2 aliphatic heterocycles. The van der Waals surface area contributed by atoms with Gasteiger partial charge in [0.15, 0.2) is 5.79 Å². The zero-order valence-corrected chi connectivity index (χ0v) is 25.7. The van der Waals surface area contributed by atoms with Gasteiger partial charge >= 0.3 is 0 Å². The van der Waals surface area contributed by atoms with E-state index in [0.717, 1.165) is 63.4 Å². The zero-order chi connectivity index (χ0) is 29.7. The van der Waals surface area contributed by atoms with Gasteiger partial charge < -0.3 is 35.1 Å². The van der Waals surface area contributed by atoms with Gasteiger partial charge in [0.1, 0.15) is 0 Å². The van der Waals surface area contributed by atoms with Gasteiger partial charge in [0.2, 0.25) is 11.8 Å². The highest BCUT2D eigenvalue weighted by atomic mass is 16.7. The highest BCUT2D eigenvalue weighted by molar-refractivity contribution is 5.79. The van der Waals surface area contributed by atoms with Crippen molar-refractivity contribution in [2.75, 3.05) is 26.8 Å². The fourth-order valence-electron chi connectivity index (χ4n) is 5.57. The van der Waals surface area contributed by atoms with Crippen molar-refractivity contribution in [2.24, 2.45) is 17.8 Å². The second-order valence-electron chi connectivity index (χ2n) is 12.2. The number of methoxy groups -OCH3 is 1. The SMILES string of the molecule is COCCC(=O)NC[C@@H](O)[C@@H](C)C(=O)NCCC[C@H]1OC2(CCC[C@H](CC[C@H](C)/C=C(\C)[C@H](C)O)O2)CC[C@@H]1C. The molecular weight excluding hydrogens is 512 g/mol. The number of aliphatic hydroxyl groups excluding tert-OH is 2. The number of rotatable bonds is 16. The number of ether oxygens (including phenoxy) is 3. The van der Waals surface area contributed by atoms with Crippen LogP contribution >= 0.6 is 0 Å². The average Bonchev–Trinajstić information content (AvgIpc) is 2.93. The minimum absolute atomic E-state index is 0.0325. The average molecular weight is 569 g/mol. The van der Waals surface area contributed by atoms with Crippen LogP contribution in [0.15, 0.2) is 11.6 Å². The van der Waals surface area contributed by atoms with Gasteiger partial charge in [-0.2, -0.15) is 0 Å². The van der Waals surface area contributed by atoms with Gasteiger partial charge in [-0.15, -0.1) is 0 Å². The van der Waals surface area contributed by atoms with Crippen LogP contribution < -0.4 is 10.6 Å². The molecule has 8 atom stereocenters. The summed E-state index contributed by atoms with van der Waals surface area (Å²) < 4.78 is 18.2. The van der Waals surface area contributed by atoms with Crippen molar-refractivity contribution in [3.05, 3.63) is 11.6 Å². The molecular formula is C31H56N2O7. The van der Waals surface area contributed by atoms with E-state index in [1.807, 2.05) is 6.92 Å². The molecule has 1 spiro atoms. The van der Waals surface area contributed by atoms with E-state index in [-0.39, 0.29) is 37.0 Å². The van der Waals surface area contributed by atoms with Crippen LogP contribution in [0.3, 0.4) is 0 Å². The Morgan fingerprint density at radius 2 is 1.85 bits per heavy atom.